The van der Waals surface area contributed by atoms with Crippen LogP contribution >= 0.6 is 11.3 Å². The third kappa shape index (κ3) is 4.54. The quantitative estimate of drug-likeness (QED) is 0.297. The van der Waals surface area contributed by atoms with E-state index in [-0.39, 0.29) is 37.3 Å². The Balaban J connectivity index is 1.42. The smallest absolute Gasteiger partial charge is 0.266 e. The number of aryl methyl sites for hydroxylation is 1. The van der Waals surface area contributed by atoms with Gasteiger partial charge in [-0.1, -0.05) is 24.3 Å². The highest BCUT2D eigenvalue weighted by atomic mass is 32.1. The first-order valence-electron chi connectivity index (χ1n) is 11.4. The summed E-state index contributed by atoms with van der Waals surface area (Å²) in [6.45, 7) is 5.32. The van der Waals surface area contributed by atoms with E-state index < -0.39 is 5.56 Å². The minimum Gasteiger partial charge on any atom is -0.482 e. The zero-order valence-electron chi connectivity index (χ0n) is 19.9. The number of ether oxygens (including phenoxy) is 1. The second-order valence-electron chi connectivity index (χ2n) is 8.42. The molecule has 0 radical (unpaired) electrons. The van der Waals surface area contributed by atoms with Gasteiger partial charge in [0.05, 0.1) is 28.8 Å². The van der Waals surface area contributed by atoms with Crippen molar-refractivity contribution in [2.75, 3.05) is 23.4 Å². The first kappa shape index (κ1) is 24.1. The van der Waals surface area contributed by atoms with Crippen LogP contribution < -0.4 is 20.5 Å². The minimum atomic E-state index is -0.407. The molecule has 4 aromatic rings. The van der Waals surface area contributed by atoms with Crippen LogP contribution in [-0.2, 0) is 11.3 Å². The van der Waals surface area contributed by atoms with Gasteiger partial charge in [0.2, 0.25) is 0 Å². The molecule has 0 atom stereocenters. The van der Waals surface area contributed by atoms with Gasteiger partial charge in [0, 0.05) is 17.8 Å². The van der Waals surface area contributed by atoms with Gasteiger partial charge in [-0.15, -0.1) is 17.9 Å². The standard InChI is InChI=1S/C27H22N4O5S/c1-3-11-31-19-12-17(9-10-21(19)36-14-22(31)33)20(32)13-30-15-28-26-23(27(30)35)16(2)24(37-26)25(34)29-18-7-5-4-6-8-18/h3-10,12,15H,1,11,13-14H2,2H3,(H,29,34). The van der Waals surface area contributed by atoms with Crippen LogP contribution in [0.4, 0.5) is 11.4 Å². The number of para-hydroxylation sites is 1. The molecule has 186 valence electrons. The molecular weight excluding hydrogens is 492 g/mol. The van der Waals surface area contributed by atoms with Crippen molar-refractivity contribution in [1.29, 1.82) is 0 Å². The normalized spacial score (nSPS) is 12.7. The molecule has 37 heavy (non-hydrogen) atoms. The fourth-order valence-corrected chi connectivity index (χ4v) is 5.18. The highest BCUT2D eigenvalue weighted by Gasteiger charge is 2.26. The van der Waals surface area contributed by atoms with E-state index in [0.29, 0.717) is 43.3 Å². The van der Waals surface area contributed by atoms with E-state index in [1.165, 1.54) is 15.8 Å². The zero-order chi connectivity index (χ0) is 26.1. The van der Waals surface area contributed by atoms with E-state index in [2.05, 4.69) is 16.9 Å². The molecule has 10 heteroatoms. The van der Waals surface area contributed by atoms with Gasteiger partial charge >= 0.3 is 0 Å². The van der Waals surface area contributed by atoms with E-state index in [9.17, 15) is 19.2 Å². The van der Waals surface area contributed by atoms with Gasteiger partial charge in [-0.3, -0.25) is 23.7 Å². The summed E-state index contributed by atoms with van der Waals surface area (Å²) in [7, 11) is 0. The van der Waals surface area contributed by atoms with E-state index in [1.54, 1.807) is 43.3 Å². The van der Waals surface area contributed by atoms with Gasteiger partial charge in [-0.25, -0.2) is 4.98 Å². The third-order valence-corrected chi connectivity index (χ3v) is 7.20. The SMILES string of the molecule is C=CCN1C(=O)COc2ccc(C(=O)Cn3cnc4sc(C(=O)Nc5ccccc5)c(C)c4c3=O)cc21. The van der Waals surface area contributed by atoms with Gasteiger partial charge in [-0.2, -0.15) is 0 Å². The maximum Gasteiger partial charge on any atom is 0.266 e. The van der Waals surface area contributed by atoms with Crippen molar-refractivity contribution in [3.05, 3.63) is 93.9 Å². The maximum atomic E-state index is 13.3. The number of anilines is 2. The number of Topliss-reactive ketones (excluding diaryl/α,β-unsaturated/α-hetero) is 1. The summed E-state index contributed by atoms with van der Waals surface area (Å²) in [4.78, 5) is 58.2. The first-order valence-corrected chi connectivity index (χ1v) is 12.2. The van der Waals surface area contributed by atoms with Crippen LogP contribution in [0.3, 0.4) is 0 Å². The number of hydrogen-bond donors (Lipinski definition) is 1. The Kier molecular flexibility index (Phi) is 6.41. The summed E-state index contributed by atoms with van der Waals surface area (Å²) in [5, 5.41) is 3.13. The molecule has 9 nitrogen and oxygen atoms in total. The Labute approximate surface area is 215 Å². The summed E-state index contributed by atoms with van der Waals surface area (Å²) in [5.41, 5.74) is 1.55. The molecule has 0 saturated carbocycles. The Morgan fingerprint density at radius 3 is 2.73 bits per heavy atom. The van der Waals surface area contributed by atoms with E-state index in [1.807, 2.05) is 18.2 Å². The fraction of sp³-hybridized carbons (Fsp3) is 0.148. The van der Waals surface area contributed by atoms with Crippen molar-refractivity contribution in [3.63, 3.8) is 0 Å². The van der Waals surface area contributed by atoms with Crippen LogP contribution in [-0.4, -0.2) is 40.3 Å². The van der Waals surface area contributed by atoms with Crippen molar-refractivity contribution >= 4 is 50.5 Å². The Morgan fingerprint density at radius 2 is 1.97 bits per heavy atom. The molecule has 2 aromatic carbocycles. The minimum absolute atomic E-state index is 0.0828. The van der Waals surface area contributed by atoms with Crippen LogP contribution in [0.5, 0.6) is 5.75 Å². The Morgan fingerprint density at radius 1 is 1.19 bits per heavy atom. The number of nitrogens with one attached hydrogen (secondary N) is 1. The average Bonchev–Trinajstić information content (AvgIpc) is 3.24. The lowest BCUT2D eigenvalue weighted by molar-refractivity contribution is -0.121. The van der Waals surface area contributed by atoms with Crippen molar-refractivity contribution in [2.45, 2.75) is 13.5 Å². The van der Waals surface area contributed by atoms with Gasteiger partial charge < -0.3 is 15.0 Å². The van der Waals surface area contributed by atoms with Crippen LogP contribution in [0.15, 0.2) is 72.3 Å². The van der Waals surface area contributed by atoms with Crippen LogP contribution in [0.25, 0.3) is 10.2 Å². The molecule has 5 rings (SSSR count). The van der Waals surface area contributed by atoms with E-state index in [4.69, 9.17) is 4.74 Å². The Bertz CT molecular complexity index is 1620. The fourth-order valence-electron chi connectivity index (χ4n) is 4.15. The summed E-state index contributed by atoms with van der Waals surface area (Å²) in [5.74, 6) is -0.405. The number of ketones is 1. The monoisotopic (exact) mass is 514 g/mol. The highest BCUT2D eigenvalue weighted by molar-refractivity contribution is 7.20. The van der Waals surface area contributed by atoms with Gasteiger partial charge in [0.15, 0.2) is 12.4 Å². The maximum absolute atomic E-state index is 13.3. The molecule has 1 aliphatic heterocycles. The number of fused-ring (bicyclic) bond motifs is 2. The number of carbonyl (C=O) groups excluding carboxylic acids is 3. The van der Waals surface area contributed by atoms with Crippen molar-refractivity contribution in [3.8, 4) is 5.75 Å². The Hall–Kier alpha value is -4.57. The van der Waals surface area contributed by atoms with Crippen LogP contribution in [0.2, 0.25) is 0 Å². The summed E-state index contributed by atoms with van der Waals surface area (Å²) >= 11 is 1.13. The second kappa shape index (κ2) is 9.82. The number of aromatic nitrogens is 2. The summed E-state index contributed by atoms with van der Waals surface area (Å²) in [6.07, 6.45) is 2.91. The zero-order valence-corrected chi connectivity index (χ0v) is 20.7. The van der Waals surface area contributed by atoms with Crippen LogP contribution in [0.1, 0.15) is 25.6 Å². The molecule has 0 aliphatic carbocycles. The number of thiophene rings is 1. The highest BCUT2D eigenvalue weighted by Crippen LogP contribution is 2.33. The van der Waals surface area contributed by atoms with Crippen LogP contribution in [0, 0.1) is 6.92 Å². The molecule has 0 bridgehead atoms. The molecule has 2 aromatic heterocycles. The van der Waals surface area contributed by atoms with Gasteiger partial charge in [0.25, 0.3) is 17.4 Å². The largest absolute Gasteiger partial charge is 0.482 e. The summed E-state index contributed by atoms with van der Waals surface area (Å²) < 4.78 is 6.70. The predicted molar refractivity (Wildman–Crippen MR) is 142 cm³/mol. The molecule has 1 N–H and O–H groups in total. The second-order valence-corrected chi connectivity index (χ2v) is 9.42. The molecule has 0 saturated heterocycles. The molecule has 3 heterocycles. The van der Waals surface area contributed by atoms with Crippen molar-refractivity contribution in [1.82, 2.24) is 9.55 Å². The van der Waals surface area contributed by atoms with Gasteiger partial charge in [-0.05, 0) is 42.8 Å². The van der Waals surface area contributed by atoms with Gasteiger partial charge in [0.1, 0.15) is 10.6 Å². The van der Waals surface area contributed by atoms with E-state index >= 15 is 0 Å². The number of rotatable bonds is 7. The average molecular weight is 515 g/mol. The molecule has 0 spiro atoms. The third-order valence-electron chi connectivity index (χ3n) is 6.00. The number of carbonyl (C=O) groups is 3. The lowest BCUT2D eigenvalue weighted by atomic mass is 10.1. The number of nitrogens with zero attached hydrogens (tertiary/aromatic N) is 3. The molecular formula is C27H22N4O5S. The number of amides is 2. The molecule has 2 amide bonds. The van der Waals surface area contributed by atoms with Crippen molar-refractivity contribution < 1.29 is 19.1 Å². The lowest BCUT2D eigenvalue weighted by Gasteiger charge is -2.28. The molecule has 0 unspecified atom stereocenters. The first-order chi connectivity index (χ1) is 17.9. The predicted octanol–water partition coefficient (Wildman–Crippen LogP) is 3.81. The number of benzene rings is 2. The topological polar surface area (TPSA) is 111 Å². The van der Waals surface area contributed by atoms with E-state index in [0.717, 1.165) is 11.3 Å². The molecule has 1 aliphatic rings. The molecule has 0 fully saturated rings. The summed E-state index contributed by atoms with van der Waals surface area (Å²) in [6, 6.07) is 13.8. The van der Waals surface area contributed by atoms with Crippen molar-refractivity contribution in [2.24, 2.45) is 0 Å². The lowest BCUT2D eigenvalue weighted by Crippen LogP contribution is -2.39. The number of hydrogen-bond acceptors (Lipinski definition) is 7.